The predicted molar refractivity (Wildman–Crippen MR) is 140 cm³/mol. The van der Waals surface area contributed by atoms with Gasteiger partial charge < -0.3 is 5.11 Å². The minimum Gasteiger partial charge on any atom is -0.481 e. The number of amides is 1. The van der Waals surface area contributed by atoms with Gasteiger partial charge in [-0.2, -0.15) is 5.10 Å². The highest BCUT2D eigenvalue weighted by Gasteiger charge is 2.32. The first kappa shape index (κ1) is 24.5. The Balaban J connectivity index is 1.68. The Bertz CT molecular complexity index is 1290. The molecule has 1 aliphatic heterocycles. The highest BCUT2D eigenvalue weighted by atomic mass is 35.5. The smallest absolute Gasteiger partial charge is 0.303 e. The van der Waals surface area contributed by atoms with Crippen LogP contribution in [-0.2, 0) is 9.59 Å². The summed E-state index contributed by atoms with van der Waals surface area (Å²) in [4.78, 5) is 25.8. The third-order valence-corrected chi connectivity index (χ3v) is 7.06. The van der Waals surface area contributed by atoms with E-state index in [4.69, 9.17) is 45.6 Å². The zero-order chi connectivity index (χ0) is 24.2. The Hall–Kier alpha value is -2.65. The van der Waals surface area contributed by atoms with Crippen LogP contribution >= 0.6 is 47.2 Å². The second kappa shape index (κ2) is 10.7. The number of thioether (sulfide) groups is 1. The van der Waals surface area contributed by atoms with Gasteiger partial charge in [0, 0.05) is 35.3 Å². The normalized spacial score (nSPS) is 14.9. The predicted octanol–water partition coefficient (Wildman–Crippen LogP) is 6.30. The number of carboxylic acids is 1. The number of benzene rings is 2. The van der Waals surface area contributed by atoms with Gasteiger partial charge in [-0.05, 0) is 49.2 Å². The molecule has 4 rings (SSSR count). The first-order chi connectivity index (χ1) is 16.3. The van der Waals surface area contributed by atoms with E-state index in [1.165, 1.54) is 16.7 Å². The number of nitrogens with zero attached hydrogens (tertiary/aromatic N) is 3. The maximum absolute atomic E-state index is 13.0. The number of para-hydroxylation sites is 1. The fourth-order valence-corrected chi connectivity index (χ4v) is 5.27. The summed E-state index contributed by atoms with van der Waals surface area (Å²) >= 11 is 19.2. The van der Waals surface area contributed by atoms with E-state index < -0.39 is 5.97 Å². The van der Waals surface area contributed by atoms with Crippen LogP contribution in [0.5, 0.6) is 0 Å². The second-order valence-corrected chi connectivity index (χ2v) is 10.0. The second-order valence-electron chi connectivity index (χ2n) is 7.52. The molecule has 6 nitrogen and oxygen atoms in total. The van der Waals surface area contributed by atoms with Crippen molar-refractivity contribution >= 4 is 69.5 Å². The molecule has 0 bridgehead atoms. The van der Waals surface area contributed by atoms with Crippen molar-refractivity contribution in [2.45, 2.75) is 19.3 Å². The molecule has 1 amide bonds. The van der Waals surface area contributed by atoms with E-state index in [0.717, 1.165) is 5.69 Å². The summed E-state index contributed by atoms with van der Waals surface area (Å²) < 4.78 is 2.19. The molecule has 0 atom stereocenters. The van der Waals surface area contributed by atoms with Crippen molar-refractivity contribution in [2.24, 2.45) is 0 Å². The largest absolute Gasteiger partial charge is 0.481 e. The average Bonchev–Trinajstić information content (AvgIpc) is 3.33. The number of hydrogen-bond donors (Lipinski definition) is 1. The topological polar surface area (TPSA) is 75.4 Å². The van der Waals surface area contributed by atoms with Gasteiger partial charge in [0.1, 0.15) is 10.0 Å². The lowest BCUT2D eigenvalue weighted by Crippen LogP contribution is -2.29. The fraction of sp³-hybridized carbons (Fsp3) is 0.167. The molecule has 0 radical (unpaired) electrons. The summed E-state index contributed by atoms with van der Waals surface area (Å²) in [6.45, 7) is 0.383. The number of unbranched alkanes of at least 4 members (excludes halogenated alkanes) is 1. The van der Waals surface area contributed by atoms with E-state index in [2.05, 4.69) is 0 Å². The van der Waals surface area contributed by atoms with Crippen molar-refractivity contribution in [3.8, 4) is 16.9 Å². The van der Waals surface area contributed by atoms with Crippen LogP contribution in [0.4, 0.5) is 0 Å². The first-order valence-electron chi connectivity index (χ1n) is 10.4. The summed E-state index contributed by atoms with van der Waals surface area (Å²) in [6.07, 6.45) is 4.71. The van der Waals surface area contributed by atoms with Gasteiger partial charge in [0.05, 0.1) is 15.6 Å². The molecule has 1 aliphatic rings. The zero-order valence-corrected chi connectivity index (χ0v) is 20.9. The van der Waals surface area contributed by atoms with Crippen molar-refractivity contribution < 1.29 is 14.7 Å². The van der Waals surface area contributed by atoms with Crippen molar-refractivity contribution in [3.63, 3.8) is 0 Å². The molecule has 0 saturated carbocycles. The number of carboxylic acid groups (broad SMARTS) is 1. The van der Waals surface area contributed by atoms with Crippen molar-refractivity contribution in [1.82, 2.24) is 14.7 Å². The molecule has 0 aliphatic carbocycles. The molecule has 0 spiro atoms. The van der Waals surface area contributed by atoms with Crippen LogP contribution in [0.2, 0.25) is 10.0 Å². The Morgan fingerprint density at radius 3 is 2.62 bits per heavy atom. The molecule has 2 aromatic carbocycles. The summed E-state index contributed by atoms with van der Waals surface area (Å²) in [6, 6.07) is 14.8. The van der Waals surface area contributed by atoms with Crippen LogP contribution < -0.4 is 0 Å². The van der Waals surface area contributed by atoms with E-state index in [-0.39, 0.29) is 12.3 Å². The molecule has 1 aromatic heterocycles. The van der Waals surface area contributed by atoms with Gasteiger partial charge in [0.25, 0.3) is 5.91 Å². The van der Waals surface area contributed by atoms with Gasteiger partial charge in [-0.1, -0.05) is 65.4 Å². The minimum absolute atomic E-state index is 0.0640. The van der Waals surface area contributed by atoms with Crippen LogP contribution in [0, 0.1) is 0 Å². The van der Waals surface area contributed by atoms with E-state index in [1.807, 2.05) is 36.5 Å². The number of carbonyl (C=O) groups excluding carboxylic acids is 1. The molecular formula is C24H19Cl2N3O3S2. The molecule has 1 N–H and O–H groups in total. The first-order valence-corrected chi connectivity index (χ1v) is 12.4. The number of carbonyl (C=O) groups is 2. The Labute approximate surface area is 216 Å². The molecule has 2 heterocycles. The Morgan fingerprint density at radius 2 is 1.91 bits per heavy atom. The zero-order valence-electron chi connectivity index (χ0n) is 17.8. The lowest BCUT2D eigenvalue weighted by molar-refractivity contribution is -0.137. The van der Waals surface area contributed by atoms with Crippen LogP contribution in [0.25, 0.3) is 23.0 Å². The molecule has 1 saturated heterocycles. The average molecular weight is 532 g/mol. The van der Waals surface area contributed by atoms with E-state index in [1.54, 1.807) is 29.0 Å². The highest BCUT2D eigenvalue weighted by molar-refractivity contribution is 8.26. The van der Waals surface area contributed by atoms with Gasteiger partial charge in [-0.25, -0.2) is 4.68 Å². The van der Waals surface area contributed by atoms with E-state index in [0.29, 0.717) is 55.5 Å². The van der Waals surface area contributed by atoms with Crippen molar-refractivity contribution in [1.29, 1.82) is 0 Å². The van der Waals surface area contributed by atoms with Gasteiger partial charge >= 0.3 is 5.97 Å². The van der Waals surface area contributed by atoms with Crippen molar-refractivity contribution in [3.05, 3.63) is 75.2 Å². The van der Waals surface area contributed by atoms with Gasteiger partial charge in [-0.3, -0.25) is 14.5 Å². The number of rotatable bonds is 8. The van der Waals surface area contributed by atoms with E-state index in [9.17, 15) is 9.59 Å². The molecule has 1 fully saturated rings. The van der Waals surface area contributed by atoms with Gasteiger partial charge in [0.2, 0.25) is 0 Å². The van der Waals surface area contributed by atoms with Crippen LogP contribution in [0.15, 0.2) is 59.6 Å². The maximum atomic E-state index is 13.0. The van der Waals surface area contributed by atoms with E-state index >= 15 is 0 Å². The molecule has 3 aromatic rings. The quantitative estimate of drug-likeness (QED) is 0.209. The number of thiocarbonyl (C=S) groups is 1. The molecule has 174 valence electrons. The molecule has 10 heteroatoms. The number of hydrogen-bond acceptors (Lipinski definition) is 5. The van der Waals surface area contributed by atoms with Crippen LogP contribution in [0.3, 0.4) is 0 Å². The maximum Gasteiger partial charge on any atom is 0.303 e. The highest BCUT2D eigenvalue weighted by Crippen LogP contribution is 2.37. The van der Waals surface area contributed by atoms with Gasteiger partial charge in [0.15, 0.2) is 0 Å². The minimum atomic E-state index is -0.853. The molecule has 34 heavy (non-hydrogen) atoms. The third-order valence-electron chi connectivity index (χ3n) is 5.13. The summed E-state index contributed by atoms with van der Waals surface area (Å²) in [5.41, 5.74) is 2.87. The number of aliphatic carboxylic acids is 1. The summed E-state index contributed by atoms with van der Waals surface area (Å²) in [5, 5.41) is 14.5. The molecular weight excluding hydrogens is 513 g/mol. The van der Waals surface area contributed by atoms with Crippen molar-refractivity contribution in [2.75, 3.05) is 6.54 Å². The molecule has 0 unspecified atom stereocenters. The Morgan fingerprint density at radius 1 is 1.15 bits per heavy atom. The standard InChI is InChI=1S/C24H19Cl2N3O3S2/c25-16-9-10-18(19(26)13-16)22-15(14-29(27-22)17-6-2-1-3-7-17)12-20-23(32)28(24(33)34-20)11-5-4-8-21(30)31/h1-3,6-7,9-10,12-14H,4-5,8,11H2,(H,30,31)/b20-12-. The monoisotopic (exact) mass is 531 g/mol. The van der Waals surface area contributed by atoms with Crippen LogP contribution in [-0.4, -0.2) is 42.5 Å². The number of aromatic nitrogens is 2. The lowest BCUT2D eigenvalue weighted by Gasteiger charge is -2.13. The number of halogens is 2. The van der Waals surface area contributed by atoms with Gasteiger partial charge in [-0.15, -0.1) is 0 Å². The van der Waals surface area contributed by atoms with Crippen LogP contribution in [0.1, 0.15) is 24.8 Å². The fourth-order valence-electron chi connectivity index (χ4n) is 3.48. The third kappa shape index (κ3) is 5.52. The summed E-state index contributed by atoms with van der Waals surface area (Å²) in [7, 11) is 0. The lowest BCUT2D eigenvalue weighted by atomic mass is 10.1. The summed E-state index contributed by atoms with van der Waals surface area (Å²) in [5.74, 6) is -1.06. The Kier molecular flexibility index (Phi) is 7.73. The SMILES string of the molecule is O=C(O)CCCCN1C(=O)/C(=C/c2cn(-c3ccccc3)nc2-c2ccc(Cl)cc2Cl)SC1=S.